The van der Waals surface area contributed by atoms with Crippen molar-refractivity contribution < 1.29 is 23.1 Å². The van der Waals surface area contributed by atoms with Gasteiger partial charge in [0, 0.05) is 13.0 Å². The van der Waals surface area contributed by atoms with Gasteiger partial charge in [0.25, 0.3) is 0 Å². The van der Waals surface area contributed by atoms with E-state index in [1.54, 1.807) is 0 Å². The maximum Gasteiger partial charge on any atom is 0.436 e. The van der Waals surface area contributed by atoms with E-state index < -0.39 is 16.9 Å². The number of amides is 1. The predicted octanol–water partition coefficient (Wildman–Crippen LogP) is 1.36. The van der Waals surface area contributed by atoms with E-state index in [4.69, 9.17) is 16.7 Å². The lowest BCUT2D eigenvalue weighted by atomic mass is 10.3. The van der Waals surface area contributed by atoms with E-state index in [1.807, 2.05) is 0 Å². The summed E-state index contributed by atoms with van der Waals surface area (Å²) in [4.78, 5) is 11.3. The minimum atomic E-state index is -4.62. The molecule has 1 amide bonds. The van der Waals surface area contributed by atoms with E-state index in [2.05, 4.69) is 10.4 Å². The normalized spacial score (nSPS) is 11.7. The first-order valence-corrected chi connectivity index (χ1v) is 5.82. The molecule has 0 atom stereocenters. The minimum absolute atomic E-state index is 0.0150. The Morgan fingerprint density at radius 1 is 1.53 bits per heavy atom. The zero-order valence-electron chi connectivity index (χ0n) is 10.1. The van der Waals surface area contributed by atoms with Gasteiger partial charge in [-0.3, -0.25) is 9.48 Å². The average Bonchev–Trinajstić information content (AvgIpc) is 2.61. The number of rotatable bonds is 5. The van der Waals surface area contributed by atoms with E-state index >= 15 is 0 Å². The van der Waals surface area contributed by atoms with Crippen LogP contribution >= 0.6 is 11.6 Å². The molecule has 0 fully saturated rings. The number of halogens is 4. The molecule has 0 aromatic carbocycles. The highest BCUT2D eigenvalue weighted by atomic mass is 35.5. The van der Waals surface area contributed by atoms with Crippen molar-refractivity contribution in [2.75, 3.05) is 13.2 Å². The van der Waals surface area contributed by atoms with Crippen molar-refractivity contribution in [3.8, 4) is 0 Å². The molecule has 0 radical (unpaired) electrons. The van der Waals surface area contributed by atoms with Crippen molar-refractivity contribution in [2.24, 2.45) is 0 Å². The Bertz CT molecular complexity index is 460. The molecule has 0 aliphatic rings. The van der Waals surface area contributed by atoms with Crippen molar-refractivity contribution in [1.29, 1.82) is 0 Å². The number of aryl methyl sites for hydroxylation is 1. The molecule has 1 aromatic heterocycles. The summed E-state index contributed by atoms with van der Waals surface area (Å²) < 4.78 is 38.7. The van der Waals surface area contributed by atoms with Crippen LogP contribution in [-0.4, -0.2) is 33.9 Å². The summed E-state index contributed by atoms with van der Waals surface area (Å²) in [7, 11) is 0. The number of carbonyl (C=O) groups excluding carboxylic acids is 1. The zero-order valence-corrected chi connectivity index (χ0v) is 10.8. The van der Waals surface area contributed by atoms with Crippen LogP contribution in [0.25, 0.3) is 0 Å². The third kappa shape index (κ3) is 4.10. The first kappa shape index (κ1) is 15.8. The van der Waals surface area contributed by atoms with E-state index in [0.29, 0.717) is 0 Å². The highest BCUT2D eigenvalue weighted by Crippen LogP contribution is 2.35. The Balaban J connectivity index is 2.73. The molecule has 0 saturated carbocycles. The van der Waals surface area contributed by atoms with Gasteiger partial charge in [0.2, 0.25) is 5.91 Å². The first-order chi connectivity index (χ1) is 8.77. The summed E-state index contributed by atoms with van der Waals surface area (Å²) >= 11 is 5.56. The van der Waals surface area contributed by atoms with Crippen LogP contribution < -0.4 is 5.32 Å². The molecular formula is C10H13ClF3N3O2. The molecule has 0 bridgehead atoms. The van der Waals surface area contributed by atoms with Gasteiger partial charge >= 0.3 is 6.18 Å². The highest BCUT2D eigenvalue weighted by Gasteiger charge is 2.38. The number of nitrogens with zero attached hydrogens (tertiary/aromatic N) is 2. The molecule has 0 saturated heterocycles. The van der Waals surface area contributed by atoms with Crippen LogP contribution in [-0.2, 0) is 17.5 Å². The van der Waals surface area contributed by atoms with Gasteiger partial charge < -0.3 is 10.4 Å². The quantitative estimate of drug-likeness (QED) is 0.863. The van der Waals surface area contributed by atoms with Gasteiger partial charge in [0.15, 0.2) is 5.69 Å². The molecule has 2 N–H and O–H groups in total. The fraction of sp³-hybridized carbons (Fsp3) is 0.600. The molecule has 0 aliphatic heterocycles. The number of carbonyl (C=O) groups is 1. The maximum absolute atomic E-state index is 12.5. The van der Waals surface area contributed by atoms with Crippen molar-refractivity contribution in [3.63, 3.8) is 0 Å². The predicted molar refractivity (Wildman–Crippen MR) is 61.7 cm³/mol. The number of nitrogens with one attached hydrogen (secondary N) is 1. The molecule has 108 valence electrons. The van der Waals surface area contributed by atoms with Gasteiger partial charge in [0.05, 0.1) is 23.9 Å². The van der Waals surface area contributed by atoms with E-state index in [0.717, 1.165) is 4.68 Å². The zero-order chi connectivity index (χ0) is 14.6. The Morgan fingerprint density at radius 2 is 2.16 bits per heavy atom. The number of aliphatic hydroxyl groups excluding tert-OH is 1. The summed E-state index contributed by atoms with van der Waals surface area (Å²) in [5, 5.41) is 13.8. The fourth-order valence-electron chi connectivity index (χ4n) is 1.41. The van der Waals surface area contributed by atoms with Crippen LogP contribution in [0.1, 0.15) is 17.8 Å². The third-order valence-corrected chi connectivity index (χ3v) is 2.84. The summed E-state index contributed by atoms with van der Waals surface area (Å²) in [5.41, 5.74) is -0.994. The number of aliphatic hydroxyl groups is 1. The van der Waals surface area contributed by atoms with Crippen LogP contribution in [0, 0.1) is 6.92 Å². The summed E-state index contributed by atoms with van der Waals surface area (Å²) in [6, 6.07) is 0. The standard InChI is InChI=1S/C10H13ClF3N3O2/c1-6-8(11)9(10(12,13)14)16-17(6)4-2-7(19)15-3-5-18/h18H,2-5H2,1H3,(H,15,19). The highest BCUT2D eigenvalue weighted by molar-refractivity contribution is 6.31. The van der Waals surface area contributed by atoms with Crippen LogP contribution in [0.3, 0.4) is 0 Å². The summed E-state index contributed by atoms with van der Waals surface area (Å²) in [6.45, 7) is 1.29. The second-order valence-corrected chi connectivity index (χ2v) is 4.17. The molecular weight excluding hydrogens is 287 g/mol. The SMILES string of the molecule is Cc1c(Cl)c(C(F)(F)F)nn1CCC(=O)NCCO. The van der Waals surface area contributed by atoms with Crippen molar-refractivity contribution >= 4 is 17.5 Å². The molecule has 1 heterocycles. The van der Waals surface area contributed by atoms with Crippen molar-refractivity contribution in [2.45, 2.75) is 26.1 Å². The molecule has 1 rings (SSSR count). The fourth-order valence-corrected chi connectivity index (χ4v) is 1.66. The molecule has 5 nitrogen and oxygen atoms in total. The number of hydrogen-bond acceptors (Lipinski definition) is 3. The van der Waals surface area contributed by atoms with Gasteiger partial charge in [0.1, 0.15) is 0 Å². The van der Waals surface area contributed by atoms with Crippen LogP contribution in [0.4, 0.5) is 13.2 Å². The third-order valence-electron chi connectivity index (χ3n) is 2.39. The second kappa shape index (κ2) is 6.25. The van der Waals surface area contributed by atoms with Crippen molar-refractivity contribution in [3.05, 3.63) is 16.4 Å². The molecule has 0 unspecified atom stereocenters. The van der Waals surface area contributed by atoms with Gasteiger partial charge in [-0.25, -0.2) is 0 Å². The summed E-state index contributed by atoms with van der Waals surface area (Å²) in [6.07, 6.45) is -4.66. The lowest BCUT2D eigenvalue weighted by Gasteiger charge is -2.05. The number of hydrogen-bond donors (Lipinski definition) is 2. The van der Waals surface area contributed by atoms with E-state index in [-0.39, 0.29) is 37.7 Å². The van der Waals surface area contributed by atoms with Crippen LogP contribution in [0.15, 0.2) is 0 Å². The van der Waals surface area contributed by atoms with Crippen molar-refractivity contribution in [1.82, 2.24) is 15.1 Å². The lowest BCUT2D eigenvalue weighted by molar-refractivity contribution is -0.141. The molecule has 1 aromatic rings. The molecule has 0 aliphatic carbocycles. The second-order valence-electron chi connectivity index (χ2n) is 3.79. The largest absolute Gasteiger partial charge is 0.436 e. The van der Waals surface area contributed by atoms with Gasteiger partial charge in [-0.05, 0) is 6.92 Å². The Hall–Kier alpha value is -1.28. The van der Waals surface area contributed by atoms with Crippen LogP contribution in [0.2, 0.25) is 5.02 Å². The molecule has 19 heavy (non-hydrogen) atoms. The number of aromatic nitrogens is 2. The van der Waals surface area contributed by atoms with Crippen LogP contribution in [0.5, 0.6) is 0 Å². The molecule has 0 spiro atoms. The molecule has 9 heteroatoms. The number of alkyl halides is 3. The summed E-state index contributed by atoms with van der Waals surface area (Å²) in [5.74, 6) is -0.381. The monoisotopic (exact) mass is 299 g/mol. The average molecular weight is 300 g/mol. The van der Waals surface area contributed by atoms with Gasteiger partial charge in [-0.2, -0.15) is 18.3 Å². The smallest absolute Gasteiger partial charge is 0.395 e. The van der Waals surface area contributed by atoms with E-state index in [1.165, 1.54) is 6.92 Å². The first-order valence-electron chi connectivity index (χ1n) is 5.45. The minimum Gasteiger partial charge on any atom is -0.395 e. The topological polar surface area (TPSA) is 67.2 Å². The Morgan fingerprint density at radius 3 is 2.63 bits per heavy atom. The van der Waals surface area contributed by atoms with E-state index in [9.17, 15) is 18.0 Å². The Labute approximate surface area is 112 Å². The lowest BCUT2D eigenvalue weighted by Crippen LogP contribution is -2.27. The van der Waals surface area contributed by atoms with Gasteiger partial charge in [-0.15, -0.1) is 0 Å². The van der Waals surface area contributed by atoms with Gasteiger partial charge in [-0.1, -0.05) is 11.6 Å². The Kier molecular flexibility index (Phi) is 5.19. The maximum atomic E-state index is 12.5.